The molecule has 0 radical (unpaired) electrons. The zero-order chi connectivity index (χ0) is 21.2. The van der Waals surface area contributed by atoms with E-state index in [9.17, 15) is 0 Å². The van der Waals surface area contributed by atoms with Crippen LogP contribution in [0.5, 0.6) is 0 Å². The maximum atomic E-state index is 5.68. The summed E-state index contributed by atoms with van der Waals surface area (Å²) < 4.78 is 5.68. The van der Waals surface area contributed by atoms with Crippen molar-refractivity contribution in [1.29, 1.82) is 0 Å². The Balaban J connectivity index is 1.64. The summed E-state index contributed by atoms with van der Waals surface area (Å²) in [5.41, 5.74) is 1.29. The minimum absolute atomic E-state index is 0.0291. The Bertz CT molecular complexity index is 644. The molecule has 1 aromatic carbocycles. The number of nitrogens with zero attached hydrogens (tertiary/aromatic N) is 2. The van der Waals surface area contributed by atoms with E-state index in [0.29, 0.717) is 6.04 Å². The number of likely N-dealkylation sites (tertiary alicyclic amines) is 1. The van der Waals surface area contributed by atoms with Gasteiger partial charge in [-0.25, -0.2) is 0 Å². The van der Waals surface area contributed by atoms with E-state index in [1.807, 2.05) is 0 Å². The van der Waals surface area contributed by atoms with Crippen molar-refractivity contribution in [3.8, 4) is 0 Å². The maximum Gasteiger partial charge on any atom is 0.191 e. The van der Waals surface area contributed by atoms with Crippen LogP contribution in [0.1, 0.15) is 58.1 Å². The molecule has 168 valence electrons. The molecule has 0 spiro atoms. The monoisotopic (exact) mass is 415 g/mol. The highest BCUT2D eigenvalue weighted by atomic mass is 16.5. The second kappa shape index (κ2) is 11.7. The summed E-state index contributed by atoms with van der Waals surface area (Å²) in [6, 6.07) is 11.6. The van der Waals surface area contributed by atoms with Gasteiger partial charge in [-0.05, 0) is 58.2 Å². The Morgan fingerprint density at radius 3 is 2.67 bits per heavy atom. The predicted octanol–water partition coefficient (Wildman–Crippen LogP) is 2.93. The fourth-order valence-electron chi connectivity index (χ4n) is 4.72. The quantitative estimate of drug-likeness (QED) is 0.428. The number of benzene rings is 1. The molecule has 0 amide bonds. The van der Waals surface area contributed by atoms with E-state index in [1.54, 1.807) is 0 Å². The first-order valence-electron chi connectivity index (χ1n) is 11.8. The van der Waals surface area contributed by atoms with E-state index < -0.39 is 0 Å². The molecule has 6 heteroatoms. The van der Waals surface area contributed by atoms with Gasteiger partial charge in [0.25, 0.3) is 0 Å². The van der Waals surface area contributed by atoms with Gasteiger partial charge in [-0.2, -0.15) is 0 Å². The van der Waals surface area contributed by atoms with E-state index in [0.717, 1.165) is 58.2 Å². The van der Waals surface area contributed by atoms with Crippen molar-refractivity contribution in [2.45, 2.75) is 64.1 Å². The van der Waals surface area contributed by atoms with Crippen LogP contribution in [0.3, 0.4) is 0 Å². The van der Waals surface area contributed by atoms with Gasteiger partial charge in [0.2, 0.25) is 0 Å². The smallest absolute Gasteiger partial charge is 0.191 e. The number of guanidine groups is 1. The van der Waals surface area contributed by atoms with E-state index >= 15 is 0 Å². The second-order valence-electron chi connectivity index (χ2n) is 8.67. The fraction of sp³-hybridized carbons (Fsp3) is 0.708. The van der Waals surface area contributed by atoms with E-state index in [-0.39, 0.29) is 11.6 Å². The van der Waals surface area contributed by atoms with Gasteiger partial charge < -0.3 is 20.7 Å². The van der Waals surface area contributed by atoms with Gasteiger partial charge in [-0.1, -0.05) is 37.3 Å². The predicted molar refractivity (Wildman–Crippen MR) is 125 cm³/mol. The van der Waals surface area contributed by atoms with Crippen LogP contribution in [0.15, 0.2) is 35.3 Å². The standard InChI is InChI=1S/C24H41N5O/c1-4-25-23(26-18-22-12-9-15-29(22)5-2)27-19-24(13-16-30-17-14-24)28-20(3)21-10-7-6-8-11-21/h6-8,10-11,20,22,28H,4-5,9,12-19H2,1-3H3,(H2,25,26,27). The van der Waals surface area contributed by atoms with Crippen LogP contribution in [-0.4, -0.2) is 68.4 Å². The van der Waals surface area contributed by atoms with Gasteiger partial charge in [-0.15, -0.1) is 0 Å². The van der Waals surface area contributed by atoms with Crippen LogP contribution in [-0.2, 0) is 4.74 Å². The summed E-state index contributed by atoms with van der Waals surface area (Å²) in [6.07, 6.45) is 4.55. The highest BCUT2D eigenvalue weighted by Crippen LogP contribution is 2.26. The third-order valence-electron chi connectivity index (χ3n) is 6.57. The summed E-state index contributed by atoms with van der Waals surface area (Å²) in [6.45, 7) is 13.2. The lowest BCUT2D eigenvalue weighted by Crippen LogP contribution is -2.53. The summed E-state index contributed by atoms with van der Waals surface area (Å²) in [7, 11) is 0. The SMILES string of the molecule is CCNC(=NCC1(NC(C)c2ccccc2)CCOCC1)NCC1CCCN1CC. The third kappa shape index (κ3) is 6.43. The molecular formula is C24H41N5O. The molecule has 3 rings (SSSR count). The summed E-state index contributed by atoms with van der Waals surface area (Å²) in [5, 5.41) is 11.0. The van der Waals surface area contributed by atoms with Crippen LogP contribution in [0, 0.1) is 0 Å². The van der Waals surface area contributed by atoms with E-state index in [1.165, 1.54) is 24.9 Å². The molecule has 2 aliphatic heterocycles. The van der Waals surface area contributed by atoms with Crippen molar-refractivity contribution in [2.75, 3.05) is 45.9 Å². The van der Waals surface area contributed by atoms with Crippen molar-refractivity contribution < 1.29 is 4.74 Å². The Morgan fingerprint density at radius 2 is 1.97 bits per heavy atom. The molecule has 2 atom stereocenters. The van der Waals surface area contributed by atoms with Gasteiger partial charge in [0, 0.05) is 43.9 Å². The zero-order valence-electron chi connectivity index (χ0n) is 19.1. The molecule has 2 fully saturated rings. The lowest BCUT2D eigenvalue weighted by Gasteiger charge is -2.39. The second-order valence-corrected chi connectivity index (χ2v) is 8.67. The lowest BCUT2D eigenvalue weighted by molar-refractivity contribution is 0.0374. The molecule has 2 unspecified atom stereocenters. The van der Waals surface area contributed by atoms with Crippen LogP contribution in [0.4, 0.5) is 0 Å². The zero-order valence-corrected chi connectivity index (χ0v) is 19.1. The molecular weight excluding hydrogens is 374 g/mol. The molecule has 30 heavy (non-hydrogen) atoms. The molecule has 6 nitrogen and oxygen atoms in total. The largest absolute Gasteiger partial charge is 0.381 e. The van der Waals surface area contributed by atoms with Gasteiger partial charge in [0.1, 0.15) is 0 Å². The summed E-state index contributed by atoms with van der Waals surface area (Å²) in [5.74, 6) is 0.931. The topological polar surface area (TPSA) is 60.9 Å². The highest BCUT2D eigenvalue weighted by Gasteiger charge is 2.34. The average Bonchev–Trinajstić information content (AvgIpc) is 3.24. The number of nitrogens with one attached hydrogen (secondary N) is 3. The first-order valence-corrected chi connectivity index (χ1v) is 11.8. The number of aliphatic imine (C=N–C) groups is 1. The molecule has 2 heterocycles. The van der Waals surface area contributed by atoms with Gasteiger partial charge in [0.15, 0.2) is 5.96 Å². The van der Waals surface area contributed by atoms with E-state index in [4.69, 9.17) is 9.73 Å². The molecule has 2 saturated heterocycles. The molecule has 0 aromatic heterocycles. The molecule has 0 bridgehead atoms. The van der Waals surface area contributed by atoms with Crippen LogP contribution in [0.25, 0.3) is 0 Å². The van der Waals surface area contributed by atoms with Crippen molar-refractivity contribution in [3.63, 3.8) is 0 Å². The van der Waals surface area contributed by atoms with Crippen LogP contribution >= 0.6 is 0 Å². The summed E-state index contributed by atoms with van der Waals surface area (Å²) >= 11 is 0. The lowest BCUT2D eigenvalue weighted by atomic mass is 9.88. The van der Waals surface area contributed by atoms with Crippen molar-refractivity contribution in [1.82, 2.24) is 20.9 Å². The van der Waals surface area contributed by atoms with Crippen molar-refractivity contribution in [2.24, 2.45) is 4.99 Å². The van der Waals surface area contributed by atoms with Crippen molar-refractivity contribution >= 4 is 5.96 Å². The van der Waals surface area contributed by atoms with Crippen molar-refractivity contribution in [3.05, 3.63) is 35.9 Å². The molecule has 3 N–H and O–H groups in total. The molecule has 2 aliphatic rings. The first-order chi connectivity index (χ1) is 14.7. The average molecular weight is 416 g/mol. The van der Waals surface area contributed by atoms with Crippen LogP contribution in [0.2, 0.25) is 0 Å². The molecule has 0 aliphatic carbocycles. The first kappa shape index (κ1) is 23.0. The summed E-state index contributed by atoms with van der Waals surface area (Å²) in [4.78, 5) is 7.59. The third-order valence-corrected chi connectivity index (χ3v) is 6.57. The Labute approximate surface area is 182 Å². The van der Waals surface area contributed by atoms with Gasteiger partial charge in [-0.3, -0.25) is 9.89 Å². The Morgan fingerprint density at radius 1 is 1.20 bits per heavy atom. The normalized spacial score (nSPS) is 23.3. The Hall–Kier alpha value is -1.63. The Kier molecular flexibility index (Phi) is 8.97. The fourth-order valence-corrected chi connectivity index (χ4v) is 4.72. The number of likely N-dealkylation sites (N-methyl/N-ethyl adjacent to an activating group) is 1. The minimum atomic E-state index is -0.0291. The molecule has 0 saturated carbocycles. The highest BCUT2D eigenvalue weighted by molar-refractivity contribution is 5.79. The number of rotatable bonds is 9. The number of ether oxygens (including phenoxy) is 1. The minimum Gasteiger partial charge on any atom is -0.381 e. The number of hydrogen-bond donors (Lipinski definition) is 3. The van der Waals surface area contributed by atoms with Crippen LogP contribution < -0.4 is 16.0 Å². The molecule has 1 aromatic rings. The van der Waals surface area contributed by atoms with Gasteiger partial charge in [0.05, 0.1) is 6.54 Å². The van der Waals surface area contributed by atoms with E-state index in [2.05, 4.69) is 72.0 Å². The van der Waals surface area contributed by atoms with Gasteiger partial charge >= 0.3 is 0 Å². The maximum absolute atomic E-state index is 5.68. The number of hydrogen-bond acceptors (Lipinski definition) is 4.